The summed E-state index contributed by atoms with van der Waals surface area (Å²) in [4.78, 5) is 0. The number of nitrogens with one attached hydrogen (secondary N) is 1. The molecule has 0 aliphatic carbocycles. The molecule has 1 unspecified atom stereocenters. The average molecular weight is 309 g/mol. The highest BCUT2D eigenvalue weighted by Gasteiger charge is 2.10. The Morgan fingerprint density at radius 2 is 2.22 bits per heavy atom. The van der Waals surface area contributed by atoms with Gasteiger partial charge >= 0.3 is 0 Å². The molecule has 2 aromatic rings. The van der Waals surface area contributed by atoms with Gasteiger partial charge in [-0.1, -0.05) is 40.1 Å². The maximum absolute atomic E-state index is 5.20. The van der Waals surface area contributed by atoms with Gasteiger partial charge in [-0.25, -0.2) is 0 Å². The zero-order valence-corrected chi connectivity index (χ0v) is 12.2. The minimum Gasteiger partial charge on any atom is -0.360 e. The predicted molar refractivity (Wildman–Crippen MR) is 75.3 cm³/mol. The quantitative estimate of drug-likeness (QED) is 0.907. The van der Waals surface area contributed by atoms with E-state index in [1.54, 1.807) is 0 Å². The molecule has 4 heteroatoms. The van der Waals surface area contributed by atoms with Crippen molar-refractivity contribution in [3.05, 3.63) is 51.8 Å². The summed E-state index contributed by atoms with van der Waals surface area (Å²) in [5, 5.41) is 7.37. The molecule has 0 fully saturated rings. The summed E-state index contributed by atoms with van der Waals surface area (Å²) in [6.07, 6.45) is 1.03. The molecule has 2 rings (SSSR count). The Kier molecular flexibility index (Phi) is 4.55. The zero-order valence-electron chi connectivity index (χ0n) is 10.6. The number of halogens is 1. The van der Waals surface area contributed by atoms with Crippen molar-refractivity contribution >= 4 is 15.9 Å². The van der Waals surface area contributed by atoms with E-state index >= 15 is 0 Å². The van der Waals surface area contributed by atoms with E-state index in [0.717, 1.165) is 22.3 Å². The van der Waals surface area contributed by atoms with Gasteiger partial charge in [0, 0.05) is 16.6 Å². The Morgan fingerprint density at radius 3 is 2.83 bits per heavy atom. The highest BCUT2D eigenvalue weighted by atomic mass is 79.9. The van der Waals surface area contributed by atoms with Crippen LogP contribution in [0, 0.1) is 6.92 Å². The maximum atomic E-state index is 5.20. The molecule has 1 N–H and O–H groups in total. The standard InChI is InChI=1S/C14H17BrN2O/c1-3-14(11-5-4-6-12(15)8-11)16-9-13-7-10(2)17-18-13/h4-8,14,16H,3,9H2,1-2H3. The van der Waals surface area contributed by atoms with Crippen molar-refractivity contribution in [2.24, 2.45) is 0 Å². The topological polar surface area (TPSA) is 38.1 Å². The lowest BCUT2D eigenvalue weighted by molar-refractivity contribution is 0.359. The first-order valence-corrected chi connectivity index (χ1v) is 6.89. The van der Waals surface area contributed by atoms with E-state index in [0.29, 0.717) is 12.6 Å². The molecule has 18 heavy (non-hydrogen) atoms. The molecule has 1 atom stereocenters. The average Bonchev–Trinajstić information content (AvgIpc) is 2.76. The van der Waals surface area contributed by atoms with Crippen molar-refractivity contribution in [2.75, 3.05) is 0 Å². The van der Waals surface area contributed by atoms with E-state index in [9.17, 15) is 0 Å². The fourth-order valence-electron chi connectivity index (χ4n) is 1.94. The first kappa shape index (κ1) is 13.3. The molecule has 96 valence electrons. The third-order valence-electron chi connectivity index (χ3n) is 2.86. The smallest absolute Gasteiger partial charge is 0.150 e. The Morgan fingerprint density at radius 1 is 1.39 bits per heavy atom. The first-order valence-electron chi connectivity index (χ1n) is 6.10. The predicted octanol–water partition coefficient (Wildman–Crippen LogP) is 3.99. The summed E-state index contributed by atoms with van der Waals surface area (Å²) in [5.41, 5.74) is 2.20. The summed E-state index contributed by atoms with van der Waals surface area (Å²) < 4.78 is 6.30. The summed E-state index contributed by atoms with van der Waals surface area (Å²) in [6.45, 7) is 4.80. The lowest BCUT2D eigenvalue weighted by atomic mass is 10.0. The van der Waals surface area contributed by atoms with Crippen LogP contribution < -0.4 is 5.32 Å². The Bertz CT molecular complexity index is 510. The number of rotatable bonds is 5. The van der Waals surface area contributed by atoms with Crippen LogP contribution in [0.3, 0.4) is 0 Å². The van der Waals surface area contributed by atoms with Crippen molar-refractivity contribution in [3.8, 4) is 0 Å². The van der Waals surface area contributed by atoms with Gasteiger partial charge in [0.25, 0.3) is 0 Å². The van der Waals surface area contributed by atoms with Crippen LogP contribution in [-0.4, -0.2) is 5.16 Å². The molecule has 1 heterocycles. The van der Waals surface area contributed by atoms with Gasteiger partial charge in [0.1, 0.15) is 0 Å². The molecule has 0 saturated heterocycles. The third-order valence-corrected chi connectivity index (χ3v) is 3.35. The fourth-order valence-corrected chi connectivity index (χ4v) is 2.36. The number of benzene rings is 1. The van der Waals surface area contributed by atoms with E-state index in [-0.39, 0.29) is 0 Å². The lowest BCUT2D eigenvalue weighted by Crippen LogP contribution is -2.19. The van der Waals surface area contributed by atoms with Gasteiger partial charge in [0.2, 0.25) is 0 Å². The molecule has 0 amide bonds. The normalized spacial score (nSPS) is 12.6. The summed E-state index contributed by atoms with van der Waals surface area (Å²) in [6, 6.07) is 10.7. The van der Waals surface area contributed by atoms with Crippen LogP contribution in [0.1, 0.15) is 36.4 Å². The lowest BCUT2D eigenvalue weighted by Gasteiger charge is -2.16. The fraction of sp³-hybridized carbons (Fsp3) is 0.357. The molecule has 1 aromatic carbocycles. The molecule has 1 aromatic heterocycles. The van der Waals surface area contributed by atoms with Gasteiger partial charge in [-0.05, 0) is 31.0 Å². The number of hydrogen-bond acceptors (Lipinski definition) is 3. The third kappa shape index (κ3) is 3.43. The van der Waals surface area contributed by atoms with Crippen LogP contribution in [0.25, 0.3) is 0 Å². The second-order valence-corrected chi connectivity index (χ2v) is 5.25. The highest BCUT2D eigenvalue weighted by molar-refractivity contribution is 9.10. The monoisotopic (exact) mass is 308 g/mol. The molecule has 3 nitrogen and oxygen atoms in total. The second kappa shape index (κ2) is 6.16. The molecule has 0 radical (unpaired) electrons. The molecular formula is C14H17BrN2O. The molecule has 0 spiro atoms. The van der Waals surface area contributed by atoms with E-state index in [1.807, 2.05) is 19.1 Å². The number of hydrogen-bond donors (Lipinski definition) is 1. The number of aryl methyl sites for hydroxylation is 1. The maximum Gasteiger partial charge on any atom is 0.150 e. The van der Waals surface area contributed by atoms with Crippen LogP contribution >= 0.6 is 15.9 Å². The minimum absolute atomic E-state index is 0.327. The minimum atomic E-state index is 0.327. The van der Waals surface area contributed by atoms with Crippen LogP contribution in [0.2, 0.25) is 0 Å². The van der Waals surface area contributed by atoms with Gasteiger partial charge in [-0.3, -0.25) is 0 Å². The molecule has 0 aliphatic rings. The number of nitrogens with zero attached hydrogens (tertiary/aromatic N) is 1. The van der Waals surface area contributed by atoms with Crippen molar-refractivity contribution in [2.45, 2.75) is 32.9 Å². The number of aromatic nitrogens is 1. The second-order valence-electron chi connectivity index (χ2n) is 4.33. The Hall–Kier alpha value is -1.13. The van der Waals surface area contributed by atoms with Crippen molar-refractivity contribution in [1.82, 2.24) is 10.5 Å². The van der Waals surface area contributed by atoms with Gasteiger partial charge in [-0.15, -0.1) is 0 Å². The molecular weight excluding hydrogens is 292 g/mol. The largest absolute Gasteiger partial charge is 0.360 e. The Balaban J connectivity index is 2.01. The van der Waals surface area contributed by atoms with E-state index in [1.165, 1.54) is 5.56 Å². The van der Waals surface area contributed by atoms with Gasteiger partial charge in [0.05, 0.1) is 12.2 Å². The summed E-state index contributed by atoms with van der Waals surface area (Å²) >= 11 is 3.50. The van der Waals surface area contributed by atoms with Crippen LogP contribution in [0.4, 0.5) is 0 Å². The van der Waals surface area contributed by atoms with Crippen molar-refractivity contribution in [3.63, 3.8) is 0 Å². The summed E-state index contributed by atoms with van der Waals surface area (Å²) in [7, 11) is 0. The molecule has 0 aliphatic heterocycles. The highest BCUT2D eigenvalue weighted by Crippen LogP contribution is 2.21. The van der Waals surface area contributed by atoms with Crippen molar-refractivity contribution < 1.29 is 4.52 Å². The van der Waals surface area contributed by atoms with Gasteiger partial charge in [-0.2, -0.15) is 0 Å². The Labute approximate surface area is 116 Å². The van der Waals surface area contributed by atoms with Crippen LogP contribution in [0.15, 0.2) is 39.3 Å². The zero-order chi connectivity index (χ0) is 13.0. The molecule has 0 bridgehead atoms. The van der Waals surface area contributed by atoms with Gasteiger partial charge in [0.15, 0.2) is 5.76 Å². The van der Waals surface area contributed by atoms with E-state index < -0.39 is 0 Å². The van der Waals surface area contributed by atoms with E-state index in [2.05, 4.69) is 51.5 Å². The van der Waals surface area contributed by atoms with Gasteiger partial charge < -0.3 is 9.84 Å². The summed E-state index contributed by atoms with van der Waals surface area (Å²) in [5.74, 6) is 0.876. The first-order chi connectivity index (χ1) is 8.69. The van der Waals surface area contributed by atoms with Crippen molar-refractivity contribution in [1.29, 1.82) is 0 Å². The van der Waals surface area contributed by atoms with Crippen LogP contribution in [-0.2, 0) is 6.54 Å². The van der Waals surface area contributed by atoms with Crippen LogP contribution in [0.5, 0.6) is 0 Å². The SMILES string of the molecule is CCC(NCc1cc(C)no1)c1cccc(Br)c1. The molecule has 0 saturated carbocycles. The van der Waals surface area contributed by atoms with E-state index in [4.69, 9.17) is 4.52 Å².